The van der Waals surface area contributed by atoms with Gasteiger partial charge in [0.25, 0.3) is 0 Å². The van der Waals surface area contributed by atoms with Gasteiger partial charge in [-0.2, -0.15) is 4.98 Å². The summed E-state index contributed by atoms with van der Waals surface area (Å²) in [6.07, 6.45) is 4.47. The van der Waals surface area contributed by atoms with E-state index in [1.165, 1.54) is 36.0 Å². The number of nitrogens with two attached hydrogens (primary N) is 1. The number of carbonyl (C=O) groups is 1. The molecule has 1 aliphatic heterocycles. The van der Waals surface area contributed by atoms with E-state index in [2.05, 4.69) is 15.3 Å². The summed E-state index contributed by atoms with van der Waals surface area (Å²) in [5.41, 5.74) is 5.68. The monoisotopic (exact) mass is 437 g/mol. The number of nitrogen functional groups attached to an aromatic ring is 1. The lowest BCUT2D eigenvalue weighted by Crippen LogP contribution is -2.31. The van der Waals surface area contributed by atoms with Gasteiger partial charge in [0.2, 0.25) is 21.8 Å². The minimum atomic E-state index is -3.23. The van der Waals surface area contributed by atoms with E-state index in [-0.39, 0.29) is 34.7 Å². The van der Waals surface area contributed by atoms with Crippen molar-refractivity contribution in [3.05, 3.63) is 41.3 Å². The molecule has 9 nitrogen and oxygen atoms in total. The number of carbonyl (C=O) groups excluding carboxylic acids is 1. The number of ketones is 1. The molecule has 3 rings (SSSR count). The molecule has 0 amide bonds. The van der Waals surface area contributed by atoms with Crippen molar-refractivity contribution in [1.82, 2.24) is 14.3 Å². The molecule has 1 aromatic heterocycles. The van der Waals surface area contributed by atoms with Crippen LogP contribution in [0.3, 0.4) is 0 Å². The number of rotatable bonds is 6. The highest BCUT2D eigenvalue weighted by atomic mass is 32.2. The molecule has 1 fully saturated rings. The lowest BCUT2D eigenvalue weighted by Gasteiger charge is -2.18. The number of halogens is 1. The first-order valence-electron chi connectivity index (χ1n) is 9.42. The van der Waals surface area contributed by atoms with Crippen LogP contribution in [0, 0.1) is 5.82 Å². The van der Waals surface area contributed by atoms with Crippen molar-refractivity contribution in [2.75, 3.05) is 37.5 Å². The predicted molar refractivity (Wildman–Crippen MR) is 111 cm³/mol. The number of aromatic nitrogens is 2. The van der Waals surface area contributed by atoms with E-state index in [0.29, 0.717) is 25.9 Å². The van der Waals surface area contributed by atoms with Crippen molar-refractivity contribution in [3.63, 3.8) is 0 Å². The topological polar surface area (TPSA) is 128 Å². The van der Waals surface area contributed by atoms with E-state index in [9.17, 15) is 17.6 Å². The first-order valence-corrected chi connectivity index (χ1v) is 11.3. The van der Waals surface area contributed by atoms with Gasteiger partial charge in [-0.25, -0.2) is 22.1 Å². The maximum Gasteiger partial charge on any atom is 0.224 e. The molecule has 1 aromatic carbocycles. The summed E-state index contributed by atoms with van der Waals surface area (Å²) in [6, 6.07) is 4.04. The molecule has 3 N–H and O–H groups in total. The molecule has 1 atom stereocenters. The second kappa shape index (κ2) is 8.92. The summed E-state index contributed by atoms with van der Waals surface area (Å²) in [4.78, 5) is 21.1. The Hall–Kier alpha value is -2.79. The van der Waals surface area contributed by atoms with Crippen molar-refractivity contribution in [3.8, 4) is 5.75 Å². The number of hydrogen-bond acceptors (Lipinski definition) is 8. The Morgan fingerprint density at radius 3 is 2.77 bits per heavy atom. The van der Waals surface area contributed by atoms with Crippen LogP contribution in [-0.2, 0) is 10.0 Å². The van der Waals surface area contributed by atoms with Crippen LogP contribution in [0.15, 0.2) is 24.4 Å². The van der Waals surface area contributed by atoms with Gasteiger partial charge in [-0.05, 0) is 31.4 Å². The molecule has 0 aliphatic carbocycles. The van der Waals surface area contributed by atoms with Crippen LogP contribution < -0.4 is 15.8 Å². The number of nitrogens with one attached hydrogen (secondary N) is 1. The van der Waals surface area contributed by atoms with Gasteiger partial charge >= 0.3 is 0 Å². The SMILES string of the molecule is COc1cccc(F)c1C(=O)c1cnc(NC2CCCN(S(C)(=O)=O)CC2)nc1N. The van der Waals surface area contributed by atoms with Gasteiger partial charge in [0.15, 0.2) is 0 Å². The van der Waals surface area contributed by atoms with E-state index in [4.69, 9.17) is 10.5 Å². The van der Waals surface area contributed by atoms with Gasteiger partial charge in [-0.3, -0.25) is 4.79 Å². The second-order valence-corrected chi connectivity index (χ2v) is 9.06. The number of sulfonamides is 1. The Labute approximate surface area is 174 Å². The minimum absolute atomic E-state index is 0.0342. The van der Waals surface area contributed by atoms with Gasteiger partial charge in [-0.15, -0.1) is 0 Å². The molecule has 0 saturated carbocycles. The molecule has 30 heavy (non-hydrogen) atoms. The summed E-state index contributed by atoms with van der Waals surface area (Å²) < 4.78 is 44.2. The molecule has 1 saturated heterocycles. The van der Waals surface area contributed by atoms with Crippen LogP contribution in [-0.4, -0.2) is 61.0 Å². The predicted octanol–water partition coefficient (Wildman–Crippen LogP) is 1.66. The van der Waals surface area contributed by atoms with Crippen molar-refractivity contribution < 1.29 is 22.3 Å². The van der Waals surface area contributed by atoms with Crippen molar-refractivity contribution in [1.29, 1.82) is 0 Å². The molecule has 162 valence electrons. The van der Waals surface area contributed by atoms with Crippen LogP contribution in [0.25, 0.3) is 0 Å². The number of ether oxygens (including phenoxy) is 1. The molecule has 0 bridgehead atoms. The largest absolute Gasteiger partial charge is 0.496 e. The van der Waals surface area contributed by atoms with Gasteiger partial charge in [0, 0.05) is 25.3 Å². The lowest BCUT2D eigenvalue weighted by atomic mass is 10.0. The zero-order valence-electron chi connectivity index (χ0n) is 16.8. The van der Waals surface area contributed by atoms with Crippen molar-refractivity contribution in [2.45, 2.75) is 25.3 Å². The third kappa shape index (κ3) is 4.85. The summed E-state index contributed by atoms with van der Waals surface area (Å²) in [5, 5.41) is 3.14. The average Bonchev–Trinajstić information content (AvgIpc) is 2.93. The summed E-state index contributed by atoms with van der Waals surface area (Å²) in [6.45, 7) is 0.869. The van der Waals surface area contributed by atoms with Crippen molar-refractivity contribution in [2.24, 2.45) is 0 Å². The quantitative estimate of drug-likeness (QED) is 0.653. The first kappa shape index (κ1) is 21.9. The zero-order chi connectivity index (χ0) is 21.9. The van der Waals surface area contributed by atoms with Crippen LogP contribution in [0.1, 0.15) is 35.2 Å². The van der Waals surface area contributed by atoms with Gasteiger partial charge in [0.05, 0.1) is 18.9 Å². The maximum absolute atomic E-state index is 14.2. The average molecular weight is 437 g/mol. The van der Waals surface area contributed by atoms with E-state index in [0.717, 1.165) is 12.5 Å². The molecule has 0 radical (unpaired) electrons. The van der Waals surface area contributed by atoms with E-state index in [1.807, 2.05) is 0 Å². The molecule has 1 aliphatic rings. The Morgan fingerprint density at radius 2 is 2.10 bits per heavy atom. The standard InChI is InChI=1S/C19H24FN5O4S/c1-29-15-7-3-6-14(20)16(15)17(26)13-11-22-19(24-18(13)21)23-12-5-4-9-25(10-8-12)30(2,27)28/h3,6-7,11-12H,4-5,8-10H2,1-2H3,(H3,21,22,23,24). The van der Waals surface area contributed by atoms with E-state index in [1.54, 1.807) is 0 Å². The molecule has 11 heteroatoms. The number of nitrogens with zero attached hydrogens (tertiary/aromatic N) is 3. The molecular formula is C19H24FN5O4S. The second-order valence-electron chi connectivity index (χ2n) is 7.07. The number of methoxy groups -OCH3 is 1. The van der Waals surface area contributed by atoms with Crippen molar-refractivity contribution >= 4 is 27.6 Å². The molecule has 1 unspecified atom stereocenters. The lowest BCUT2D eigenvalue weighted by molar-refractivity contribution is 0.103. The maximum atomic E-state index is 14.2. The Balaban J connectivity index is 1.76. The van der Waals surface area contributed by atoms with E-state index < -0.39 is 21.6 Å². The van der Waals surface area contributed by atoms with Crippen LogP contribution >= 0.6 is 0 Å². The summed E-state index contributed by atoms with van der Waals surface area (Å²) >= 11 is 0. The van der Waals surface area contributed by atoms with Gasteiger partial charge in [0.1, 0.15) is 22.9 Å². The highest BCUT2D eigenvalue weighted by Gasteiger charge is 2.25. The highest BCUT2D eigenvalue weighted by molar-refractivity contribution is 7.88. The highest BCUT2D eigenvalue weighted by Crippen LogP contribution is 2.26. The zero-order valence-corrected chi connectivity index (χ0v) is 17.6. The normalized spacial score (nSPS) is 17.9. The van der Waals surface area contributed by atoms with Crippen LogP contribution in [0.2, 0.25) is 0 Å². The van der Waals surface area contributed by atoms with Gasteiger partial charge in [-0.1, -0.05) is 6.07 Å². The fourth-order valence-electron chi connectivity index (χ4n) is 3.40. The summed E-state index contributed by atoms with van der Waals surface area (Å²) in [7, 11) is -1.88. The molecule has 2 aromatic rings. The Bertz CT molecular complexity index is 1050. The Morgan fingerprint density at radius 1 is 1.33 bits per heavy atom. The molecule has 0 spiro atoms. The molecule has 2 heterocycles. The smallest absolute Gasteiger partial charge is 0.224 e. The first-order chi connectivity index (χ1) is 14.2. The minimum Gasteiger partial charge on any atom is -0.496 e. The number of hydrogen-bond donors (Lipinski definition) is 2. The summed E-state index contributed by atoms with van der Waals surface area (Å²) in [5.74, 6) is -1.17. The third-order valence-corrected chi connectivity index (χ3v) is 6.28. The fraction of sp³-hybridized carbons (Fsp3) is 0.421. The Kier molecular flexibility index (Phi) is 6.52. The van der Waals surface area contributed by atoms with E-state index >= 15 is 0 Å². The van der Waals surface area contributed by atoms with Crippen LogP contribution in [0.4, 0.5) is 16.2 Å². The number of benzene rings is 1. The fourth-order valence-corrected chi connectivity index (χ4v) is 4.30. The van der Waals surface area contributed by atoms with Crippen LogP contribution in [0.5, 0.6) is 5.75 Å². The molecular weight excluding hydrogens is 413 g/mol. The number of anilines is 2. The third-order valence-electron chi connectivity index (χ3n) is 4.97. The van der Waals surface area contributed by atoms with Gasteiger partial charge < -0.3 is 15.8 Å².